The van der Waals surface area contributed by atoms with Gasteiger partial charge < -0.3 is 15.5 Å². The van der Waals surface area contributed by atoms with Crippen LogP contribution in [0.1, 0.15) is 12.7 Å². The smallest absolute Gasteiger partial charge is 0.237 e. The van der Waals surface area contributed by atoms with Gasteiger partial charge in [0.15, 0.2) is 6.39 Å². The van der Waals surface area contributed by atoms with Crippen molar-refractivity contribution in [1.29, 1.82) is 0 Å². The van der Waals surface area contributed by atoms with E-state index >= 15 is 0 Å². The minimum Gasteiger partial charge on any atom is -0.447 e. The van der Waals surface area contributed by atoms with Crippen LogP contribution in [0.5, 0.6) is 0 Å². The molecule has 1 heterocycles. The Morgan fingerprint density at radius 1 is 1.92 bits per heavy atom. The van der Waals surface area contributed by atoms with E-state index in [0.29, 0.717) is 12.3 Å². The molecular formula is C7H11N3O2. The van der Waals surface area contributed by atoms with Gasteiger partial charge in [0, 0.05) is 0 Å². The molecule has 0 aromatic carbocycles. The minimum atomic E-state index is -0.493. The molecule has 1 amide bonds. The van der Waals surface area contributed by atoms with Gasteiger partial charge in [0.2, 0.25) is 5.91 Å². The predicted octanol–water partition coefficient (Wildman–Crippen LogP) is -0.362. The monoisotopic (exact) mass is 169 g/mol. The van der Waals surface area contributed by atoms with Crippen LogP contribution in [-0.4, -0.2) is 16.9 Å². The molecule has 1 aromatic rings. The van der Waals surface area contributed by atoms with Crippen molar-refractivity contribution in [3.05, 3.63) is 18.4 Å². The Hall–Kier alpha value is -1.36. The molecule has 1 atom stereocenters. The van der Waals surface area contributed by atoms with Gasteiger partial charge in [-0.15, -0.1) is 0 Å². The van der Waals surface area contributed by atoms with Gasteiger partial charge in [0.1, 0.15) is 5.76 Å². The van der Waals surface area contributed by atoms with Gasteiger partial charge in [-0.05, 0) is 6.92 Å². The van der Waals surface area contributed by atoms with Crippen molar-refractivity contribution < 1.29 is 9.21 Å². The highest BCUT2D eigenvalue weighted by atomic mass is 16.3. The third-order valence-electron chi connectivity index (χ3n) is 1.33. The first-order valence-electron chi connectivity index (χ1n) is 3.61. The number of carbonyl (C=O) groups excluding carboxylic acids is 1. The molecule has 0 aliphatic carbocycles. The number of nitrogens with one attached hydrogen (secondary N) is 1. The lowest BCUT2D eigenvalue weighted by Gasteiger charge is -2.04. The second-order valence-corrected chi connectivity index (χ2v) is 2.47. The summed E-state index contributed by atoms with van der Waals surface area (Å²) in [6.45, 7) is 1.95. The first-order chi connectivity index (χ1) is 5.70. The van der Waals surface area contributed by atoms with E-state index in [-0.39, 0.29) is 5.91 Å². The van der Waals surface area contributed by atoms with Crippen LogP contribution in [0, 0.1) is 0 Å². The van der Waals surface area contributed by atoms with Gasteiger partial charge in [0.05, 0.1) is 18.8 Å². The van der Waals surface area contributed by atoms with E-state index in [2.05, 4.69) is 10.3 Å². The molecule has 1 aromatic heterocycles. The largest absolute Gasteiger partial charge is 0.447 e. The van der Waals surface area contributed by atoms with Crippen LogP contribution in [0.25, 0.3) is 0 Å². The lowest BCUT2D eigenvalue weighted by molar-refractivity contribution is -0.122. The number of aromatic nitrogens is 1. The molecule has 0 aliphatic rings. The first kappa shape index (κ1) is 8.73. The van der Waals surface area contributed by atoms with Crippen molar-refractivity contribution in [1.82, 2.24) is 10.3 Å². The molecule has 0 fully saturated rings. The fourth-order valence-corrected chi connectivity index (χ4v) is 0.665. The van der Waals surface area contributed by atoms with Crippen molar-refractivity contribution in [2.24, 2.45) is 5.73 Å². The molecule has 0 bridgehead atoms. The van der Waals surface area contributed by atoms with E-state index in [9.17, 15) is 4.79 Å². The quantitative estimate of drug-likeness (QED) is 0.647. The zero-order valence-corrected chi connectivity index (χ0v) is 6.78. The average Bonchev–Trinajstić information content (AvgIpc) is 2.51. The van der Waals surface area contributed by atoms with Gasteiger partial charge in [-0.25, -0.2) is 4.98 Å². The van der Waals surface area contributed by atoms with Crippen LogP contribution in [0.3, 0.4) is 0 Å². The summed E-state index contributed by atoms with van der Waals surface area (Å²) in [5, 5.41) is 2.59. The van der Waals surface area contributed by atoms with E-state index < -0.39 is 6.04 Å². The topological polar surface area (TPSA) is 81.2 Å². The molecular weight excluding hydrogens is 158 g/mol. The lowest BCUT2D eigenvalue weighted by atomic mass is 10.3. The summed E-state index contributed by atoms with van der Waals surface area (Å²) in [4.78, 5) is 14.6. The Kier molecular flexibility index (Phi) is 2.82. The Balaban J connectivity index is 2.32. The summed E-state index contributed by atoms with van der Waals surface area (Å²) in [5.41, 5.74) is 5.32. The zero-order chi connectivity index (χ0) is 8.97. The fourth-order valence-electron chi connectivity index (χ4n) is 0.665. The van der Waals surface area contributed by atoms with E-state index in [0.717, 1.165) is 0 Å². The number of nitrogens with zero attached hydrogens (tertiary/aromatic N) is 1. The van der Waals surface area contributed by atoms with Crippen molar-refractivity contribution >= 4 is 5.91 Å². The Labute approximate surface area is 70.0 Å². The van der Waals surface area contributed by atoms with E-state index in [4.69, 9.17) is 10.2 Å². The molecule has 3 N–H and O–H groups in total. The summed E-state index contributed by atoms with van der Waals surface area (Å²) in [7, 11) is 0. The Bertz CT molecular complexity index is 243. The molecule has 1 unspecified atom stereocenters. The van der Waals surface area contributed by atoms with E-state index in [1.807, 2.05) is 0 Å². The van der Waals surface area contributed by atoms with Gasteiger partial charge in [-0.1, -0.05) is 0 Å². The molecule has 0 saturated heterocycles. The number of nitrogens with two attached hydrogens (primary N) is 1. The van der Waals surface area contributed by atoms with Crippen LogP contribution in [0.2, 0.25) is 0 Å². The molecule has 0 saturated carbocycles. The number of oxazole rings is 1. The maximum absolute atomic E-state index is 10.9. The molecule has 0 spiro atoms. The zero-order valence-electron chi connectivity index (χ0n) is 6.78. The van der Waals surface area contributed by atoms with Gasteiger partial charge >= 0.3 is 0 Å². The standard InChI is InChI=1S/C7H11N3O2/c1-5(8)7(11)10-3-6-2-9-4-12-6/h2,4-5H,3,8H2,1H3,(H,10,11). The van der Waals surface area contributed by atoms with Crippen LogP contribution in [-0.2, 0) is 11.3 Å². The molecule has 66 valence electrons. The van der Waals surface area contributed by atoms with Crippen molar-refractivity contribution in [3.8, 4) is 0 Å². The maximum Gasteiger partial charge on any atom is 0.237 e. The van der Waals surface area contributed by atoms with Crippen LogP contribution < -0.4 is 11.1 Å². The molecule has 0 radical (unpaired) electrons. The number of amides is 1. The SMILES string of the molecule is CC(N)C(=O)NCc1cnco1. The number of hydrogen-bond donors (Lipinski definition) is 2. The number of rotatable bonds is 3. The third-order valence-corrected chi connectivity index (χ3v) is 1.33. The van der Waals surface area contributed by atoms with E-state index in [1.54, 1.807) is 13.1 Å². The minimum absolute atomic E-state index is 0.202. The second-order valence-electron chi connectivity index (χ2n) is 2.47. The van der Waals surface area contributed by atoms with Gasteiger partial charge in [-0.2, -0.15) is 0 Å². The second kappa shape index (κ2) is 3.87. The van der Waals surface area contributed by atoms with Crippen LogP contribution in [0.15, 0.2) is 17.0 Å². The Morgan fingerprint density at radius 2 is 2.67 bits per heavy atom. The van der Waals surface area contributed by atoms with Crippen molar-refractivity contribution in [2.45, 2.75) is 19.5 Å². The molecule has 12 heavy (non-hydrogen) atoms. The highest BCUT2D eigenvalue weighted by Gasteiger charge is 2.06. The predicted molar refractivity (Wildman–Crippen MR) is 42.0 cm³/mol. The fraction of sp³-hybridized carbons (Fsp3) is 0.429. The summed E-state index contributed by atoms with van der Waals surface area (Å²) in [5.74, 6) is 0.412. The summed E-state index contributed by atoms with van der Waals surface area (Å²) < 4.78 is 4.90. The van der Waals surface area contributed by atoms with Crippen molar-refractivity contribution in [2.75, 3.05) is 0 Å². The summed E-state index contributed by atoms with van der Waals surface area (Å²) in [6.07, 6.45) is 2.86. The molecule has 1 rings (SSSR count). The summed E-state index contributed by atoms with van der Waals surface area (Å²) in [6, 6.07) is -0.493. The third kappa shape index (κ3) is 2.35. The van der Waals surface area contributed by atoms with E-state index in [1.165, 1.54) is 6.39 Å². The molecule has 0 aliphatic heterocycles. The first-order valence-corrected chi connectivity index (χ1v) is 3.61. The van der Waals surface area contributed by atoms with Crippen LogP contribution >= 0.6 is 0 Å². The Morgan fingerprint density at radius 3 is 3.17 bits per heavy atom. The van der Waals surface area contributed by atoms with Gasteiger partial charge in [0.25, 0.3) is 0 Å². The number of carbonyl (C=O) groups is 1. The average molecular weight is 169 g/mol. The summed E-state index contributed by atoms with van der Waals surface area (Å²) >= 11 is 0. The van der Waals surface area contributed by atoms with Gasteiger partial charge in [-0.3, -0.25) is 4.79 Å². The molecule has 5 heteroatoms. The van der Waals surface area contributed by atoms with Crippen molar-refractivity contribution in [3.63, 3.8) is 0 Å². The highest BCUT2D eigenvalue weighted by molar-refractivity contribution is 5.80. The normalized spacial score (nSPS) is 12.5. The lowest BCUT2D eigenvalue weighted by Crippen LogP contribution is -2.37. The number of hydrogen-bond acceptors (Lipinski definition) is 4. The van der Waals surface area contributed by atoms with Crippen LogP contribution in [0.4, 0.5) is 0 Å². The highest BCUT2D eigenvalue weighted by Crippen LogP contribution is 1.94. The molecule has 5 nitrogen and oxygen atoms in total. The maximum atomic E-state index is 10.9.